The molecule has 44 valence electrons. The molecule has 1 nitrogen and oxygen atoms in total. The normalized spacial score (nSPS) is 13.0. The predicted molar refractivity (Wildman–Crippen MR) is 38.4 cm³/mol. The van der Waals surface area contributed by atoms with Gasteiger partial charge in [-0.3, -0.25) is 4.98 Å². The second kappa shape index (κ2) is 2.67. The third-order valence-corrected chi connectivity index (χ3v) is 1.15. The molecule has 0 fully saturated rings. The molecule has 1 heterocycles. The van der Waals surface area contributed by atoms with Gasteiger partial charge in [-0.2, -0.15) is 0 Å². The molecule has 0 aromatic carbocycles. The van der Waals surface area contributed by atoms with E-state index in [9.17, 15) is 0 Å². The van der Waals surface area contributed by atoms with Gasteiger partial charge in [-0.15, -0.1) is 0 Å². The monoisotopic (exact) mass is 117 g/mol. The summed E-state index contributed by atoms with van der Waals surface area (Å²) in [4.78, 5) is 4.05. The van der Waals surface area contributed by atoms with Crippen LogP contribution in [0.25, 0.3) is 0 Å². The first-order valence-electron chi connectivity index (χ1n) is 2.97. The van der Waals surface area contributed by atoms with Crippen LogP contribution < -0.4 is 0 Å². The van der Waals surface area contributed by atoms with E-state index in [4.69, 9.17) is 7.85 Å². The topological polar surface area (TPSA) is 12.9 Å². The van der Waals surface area contributed by atoms with Gasteiger partial charge in [0, 0.05) is 11.9 Å². The van der Waals surface area contributed by atoms with Crippen LogP contribution in [0.4, 0.5) is 0 Å². The fourth-order valence-corrected chi connectivity index (χ4v) is 0.645. The number of rotatable bonds is 1. The summed E-state index contributed by atoms with van der Waals surface area (Å²) in [5.74, 6) is 0.0474. The summed E-state index contributed by atoms with van der Waals surface area (Å²) in [6, 6.07) is 5.74. The number of hydrogen-bond donors (Lipinski definition) is 0. The maximum absolute atomic E-state index is 5.55. The van der Waals surface area contributed by atoms with Crippen molar-refractivity contribution in [1.29, 1.82) is 0 Å². The Morgan fingerprint density at radius 2 is 2.33 bits per heavy atom. The summed E-state index contributed by atoms with van der Waals surface area (Å²) in [7, 11) is 5.55. The van der Waals surface area contributed by atoms with Gasteiger partial charge in [0.1, 0.15) is 0 Å². The van der Waals surface area contributed by atoms with Crippen LogP contribution in [0, 0.1) is 0 Å². The minimum atomic E-state index is 0.0474. The largest absolute Gasteiger partial charge is 0.262 e. The number of aromatic nitrogens is 1. The fourth-order valence-electron chi connectivity index (χ4n) is 0.645. The highest BCUT2D eigenvalue weighted by Crippen LogP contribution is 2.04. The Balaban J connectivity index is 2.85. The Bertz CT molecular complexity index is 172. The summed E-state index contributed by atoms with van der Waals surface area (Å²) in [6.45, 7) is 1.92. The molecule has 1 aromatic rings. The summed E-state index contributed by atoms with van der Waals surface area (Å²) >= 11 is 0. The smallest absolute Gasteiger partial charge is 0.0781 e. The molecule has 9 heavy (non-hydrogen) atoms. The number of nitrogens with zero attached hydrogens (tertiary/aromatic N) is 1. The minimum Gasteiger partial charge on any atom is -0.262 e. The molecule has 2 radical (unpaired) electrons. The molecule has 0 saturated carbocycles. The highest BCUT2D eigenvalue weighted by Gasteiger charge is 1.95. The summed E-state index contributed by atoms with van der Waals surface area (Å²) in [6.07, 6.45) is 1.75. The van der Waals surface area contributed by atoms with Crippen molar-refractivity contribution in [2.75, 3.05) is 0 Å². The SMILES string of the molecule is [B][C@H](C)c1ccccn1. The lowest BCUT2D eigenvalue weighted by molar-refractivity contribution is 0.994. The first-order valence-corrected chi connectivity index (χ1v) is 2.97. The van der Waals surface area contributed by atoms with Crippen molar-refractivity contribution in [3.63, 3.8) is 0 Å². The van der Waals surface area contributed by atoms with E-state index in [1.165, 1.54) is 0 Å². The molecule has 1 aromatic heterocycles. The molecular weight excluding hydrogens is 109 g/mol. The highest BCUT2D eigenvalue weighted by atomic mass is 14.7. The second-order valence-corrected chi connectivity index (χ2v) is 2.04. The van der Waals surface area contributed by atoms with Crippen LogP contribution in [0.3, 0.4) is 0 Å². The van der Waals surface area contributed by atoms with Crippen molar-refractivity contribution in [2.24, 2.45) is 0 Å². The zero-order chi connectivity index (χ0) is 6.69. The Labute approximate surface area is 56.5 Å². The van der Waals surface area contributed by atoms with Crippen molar-refractivity contribution >= 4 is 7.85 Å². The van der Waals surface area contributed by atoms with Crippen LogP contribution in [-0.4, -0.2) is 12.8 Å². The van der Waals surface area contributed by atoms with Gasteiger partial charge in [0.25, 0.3) is 0 Å². The van der Waals surface area contributed by atoms with Crippen LogP contribution in [0.5, 0.6) is 0 Å². The Kier molecular flexibility index (Phi) is 1.88. The summed E-state index contributed by atoms with van der Waals surface area (Å²) in [5, 5.41) is 0. The average Bonchev–Trinajstić information content (AvgIpc) is 1.90. The molecule has 0 aliphatic heterocycles. The van der Waals surface area contributed by atoms with Crippen LogP contribution in [0.15, 0.2) is 24.4 Å². The Hall–Kier alpha value is -0.785. The van der Waals surface area contributed by atoms with Gasteiger partial charge in [0.2, 0.25) is 0 Å². The van der Waals surface area contributed by atoms with E-state index in [0.29, 0.717) is 0 Å². The molecule has 0 saturated heterocycles. The number of pyridine rings is 1. The number of hydrogen-bond acceptors (Lipinski definition) is 1. The summed E-state index contributed by atoms with van der Waals surface area (Å²) < 4.78 is 0. The van der Waals surface area contributed by atoms with E-state index in [2.05, 4.69) is 4.98 Å². The van der Waals surface area contributed by atoms with Gasteiger partial charge in [-0.25, -0.2) is 0 Å². The van der Waals surface area contributed by atoms with E-state index in [1.807, 2.05) is 25.1 Å². The van der Waals surface area contributed by atoms with Crippen LogP contribution >= 0.6 is 0 Å². The molecule has 0 amide bonds. The van der Waals surface area contributed by atoms with Gasteiger partial charge in [-0.05, 0) is 17.9 Å². The van der Waals surface area contributed by atoms with Gasteiger partial charge in [-0.1, -0.05) is 13.0 Å². The lowest BCUT2D eigenvalue weighted by Crippen LogP contribution is -1.93. The fraction of sp³-hybridized carbons (Fsp3) is 0.286. The van der Waals surface area contributed by atoms with E-state index in [1.54, 1.807) is 6.20 Å². The lowest BCUT2D eigenvalue weighted by atomic mass is 9.86. The van der Waals surface area contributed by atoms with Crippen molar-refractivity contribution in [1.82, 2.24) is 4.98 Å². The average molecular weight is 117 g/mol. The zero-order valence-electron chi connectivity index (χ0n) is 5.41. The van der Waals surface area contributed by atoms with Crippen molar-refractivity contribution in [2.45, 2.75) is 12.7 Å². The maximum Gasteiger partial charge on any atom is 0.0781 e. The molecule has 2 heteroatoms. The molecule has 0 unspecified atom stereocenters. The Morgan fingerprint density at radius 1 is 1.56 bits per heavy atom. The molecule has 0 aliphatic carbocycles. The van der Waals surface area contributed by atoms with Crippen molar-refractivity contribution < 1.29 is 0 Å². The zero-order valence-corrected chi connectivity index (χ0v) is 5.41. The third kappa shape index (κ3) is 1.56. The van der Waals surface area contributed by atoms with Crippen molar-refractivity contribution in [3.05, 3.63) is 30.1 Å². The quantitative estimate of drug-likeness (QED) is 0.505. The van der Waals surface area contributed by atoms with E-state index >= 15 is 0 Å². The molecule has 0 bridgehead atoms. The van der Waals surface area contributed by atoms with Crippen LogP contribution in [0.2, 0.25) is 0 Å². The maximum atomic E-state index is 5.55. The van der Waals surface area contributed by atoms with Gasteiger partial charge in [0.15, 0.2) is 0 Å². The first-order chi connectivity index (χ1) is 4.30. The van der Waals surface area contributed by atoms with E-state index in [0.717, 1.165) is 5.69 Å². The van der Waals surface area contributed by atoms with Gasteiger partial charge < -0.3 is 0 Å². The van der Waals surface area contributed by atoms with Crippen molar-refractivity contribution in [3.8, 4) is 0 Å². The van der Waals surface area contributed by atoms with Crippen LogP contribution in [0.1, 0.15) is 18.4 Å². The van der Waals surface area contributed by atoms with Gasteiger partial charge in [0.05, 0.1) is 7.85 Å². The highest BCUT2D eigenvalue weighted by molar-refractivity contribution is 6.11. The third-order valence-electron chi connectivity index (χ3n) is 1.15. The summed E-state index contributed by atoms with van der Waals surface area (Å²) in [5.41, 5.74) is 0.942. The minimum absolute atomic E-state index is 0.0474. The molecule has 1 rings (SSSR count). The molecular formula is C7H8BN. The van der Waals surface area contributed by atoms with E-state index in [-0.39, 0.29) is 5.82 Å². The van der Waals surface area contributed by atoms with Gasteiger partial charge >= 0.3 is 0 Å². The first kappa shape index (κ1) is 6.34. The Morgan fingerprint density at radius 3 is 2.67 bits per heavy atom. The molecule has 0 N–H and O–H groups in total. The molecule has 1 atom stereocenters. The lowest BCUT2D eigenvalue weighted by Gasteiger charge is -2.00. The standard InChI is InChI=1S/C7H8BN/c1-6(8)7-4-2-3-5-9-7/h2-6H,1H3/t6-/m1/s1. The van der Waals surface area contributed by atoms with E-state index < -0.39 is 0 Å². The molecule has 0 spiro atoms. The molecule has 0 aliphatic rings. The second-order valence-electron chi connectivity index (χ2n) is 2.04. The van der Waals surface area contributed by atoms with Crippen LogP contribution in [-0.2, 0) is 0 Å². The predicted octanol–water partition coefficient (Wildman–Crippen LogP) is 1.31.